The van der Waals surface area contributed by atoms with E-state index in [2.05, 4.69) is 34.2 Å². The predicted octanol–water partition coefficient (Wildman–Crippen LogP) is 3.67. The molecule has 5 nitrogen and oxygen atoms in total. The fraction of sp³-hybridized carbons (Fsp3) is 0.667. The Labute approximate surface area is 146 Å². The van der Waals surface area contributed by atoms with Crippen molar-refractivity contribution < 1.29 is 9.15 Å². The highest BCUT2D eigenvalue weighted by molar-refractivity contribution is 7.11. The third-order valence-corrected chi connectivity index (χ3v) is 6.46. The van der Waals surface area contributed by atoms with E-state index in [1.165, 1.54) is 29.0 Å². The van der Waals surface area contributed by atoms with Crippen molar-refractivity contribution in [1.29, 1.82) is 0 Å². The molecule has 1 saturated carbocycles. The summed E-state index contributed by atoms with van der Waals surface area (Å²) in [6, 6.07) is 4.46. The lowest BCUT2D eigenvalue weighted by Crippen LogP contribution is -2.41. The summed E-state index contributed by atoms with van der Waals surface area (Å²) in [6.45, 7) is 5.39. The second kappa shape index (κ2) is 5.93. The Hall–Kier alpha value is -1.24. The van der Waals surface area contributed by atoms with E-state index >= 15 is 0 Å². The highest BCUT2D eigenvalue weighted by atomic mass is 32.1. The molecule has 2 aromatic rings. The van der Waals surface area contributed by atoms with Gasteiger partial charge in [0.15, 0.2) is 0 Å². The molecule has 0 unspecified atom stereocenters. The maximum atomic E-state index is 6.30. The van der Waals surface area contributed by atoms with Gasteiger partial charge in [-0.1, -0.05) is 0 Å². The molecule has 3 aliphatic rings. The second-order valence-electron chi connectivity index (χ2n) is 7.45. The van der Waals surface area contributed by atoms with Gasteiger partial charge < -0.3 is 9.15 Å². The standard InChI is InChI=1S/C18H23N3O2S/c1-11-2-5-14(24-11)9-21-7-6-13-8-15(22-16(13)10-21)18-20-19-17(23-18)12-3-4-12/h2,5,12-13,15-16H,3-4,6-10H2,1H3/t13-,15+,16+/m1/s1. The minimum Gasteiger partial charge on any atom is -0.422 e. The predicted molar refractivity (Wildman–Crippen MR) is 90.9 cm³/mol. The van der Waals surface area contributed by atoms with Crippen LogP contribution in [0.4, 0.5) is 0 Å². The largest absolute Gasteiger partial charge is 0.422 e. The maximum absolute atomic E-state index is 6.30. The van der Waals surface area contributed by atoms with Gasteiger partial charge in [-0.3, -0.25) is 4.90 Å². The highest BCUT2D eigenvalue weighted by Crippen LogP contribution is 2.43. The summed E-state index contributed by atoms with van der Waals surface area (Å²) in [5, 5.41) is 8.46. The number of hydrogen-bond acceptors (Lipinski definition) is 6. The average molecular weight is 345 g/mol. The Morgan fingerprint density at radius 3 is 2.88 bits per heavy atom. The molecule has 24 heavy (non-hydrogen) atoms. The van der Waals surface area contributed by atoms with Crippen LogP contribution in [0.25, 0.3) is 0 Å². The molecule has 128 valence electrons. The highest BCUT2D eigenvalue weighted by Gasteiger charge is 2.42. The first-order valence-corrected chi connectivity index (χ1v) is 9.82. The van der Waals surface area contributed by atoms with E-state index in [1.807, 2.05) is 11.3 Å². The summed E-state index contributed by atoms with van der Waals surface area (Å²) in [4.78, 5) is 5.37. The van der Waals surface area contributed by atoms with Crippen LogP contribution >= 0.6 is 11.3 Å². The van der Waals surface area contributed by atoms with Crippen LogP contribution in [0.3, 0.4) is 0 Å². The molecule has 3 atom stereocenters. The fourth-order valence-electron chi connectivity index (χ4n) is 3.96. The first kappa shape index (κ1) is 15.0. The molecule has 0 amide bonds. The van der Waals surface area contributed by atoms with Crippen LogP contribution in [0, 0.1) is 12.8 Å². The Morgan fingerprint density at radius 1 is 1.21 bits per heavy atom. The summed E-state index contributed by atoms with van der Waals surface area (Å²) in [6.07, 6.45) is 4.92. The van der Waals surface area contributed by atoms with Gasteiger partial charge in [0.2, 0.25) is 11.8 Å². The number of hydrogen-bond donors (Lipinski definition) is 0. The Morgan fingerprint density at radius 2 is 2.08 bits per heavy atom. The van der Waals surface area contributed by atoms with Crippen LogP contribution in [0.1, 0.15) is 59.2 Å². The molecule has 4 heterocycles. The van der Waals surface area contributed by atoms with Crippen LogP contribution in [0.5, 0.6) is 0 Å². The number of aromatic nitrogens is 2. The van der Waals surface area contributed by atoms with Crippen LogP contribution in [-0.4, -0.2) is 34.3 Å². The normalized spacial score (nSPS) is 30.6. The molecule has 0 aromatic carbocycles. The summed E-state index contributed by atoms with van der Waals surface area (Å²) in [5.74, 6) is 2.66. The zero-order valence-corrected chi connectivity index (χ0v) is 14.8. The van der Waals surface area contributed by atoms with Crippen molar-refractivity contribution in [2.45, 2.75) is 57.3 Å². The van der Waals surface area contributed by atoms with Crippen molar-refractivity contribution in [3.63, 3.8) is 0 Å². The van der Waals surface area contributed by atoms with Crippen LogP contribution < -0.4 is 0 Å². The van der Waals surface area contributed by atoms with Gasteiger partial charge in [-0.05, 0) is 57.2 Å². The van der Waals surface area contributed by atoms with Gasteiger partial charge in [0, 0.05) is 28.8 Å². The molecule has 0 spiro atoms. The monoisotopic (exact) mass is 345 g/mol. The molecule has 3 fully saturated rings. The number of nitrogens with zero attached hydrogens (tertiary/aromatic N) is 3. The molecule has 2 saturated heterocycles. The van der Waals surface area contributed by atoms with E-state index in [-0.39, 0.29) is 6.10 Å². The van der Waals surface area contributed by atoms with Gasteiger partial charge in [0.25, 0.3) is 0 Å². The van der Waals surface area contributed by atoms with Gasteiger partial charge >= 0.3 is 0 Å². The van der Waals surface area contributed by atoms with Crippen LogP contribution in [-0.2, 0) is 11.3 Å². The zero-order chi connectivity index (χ0) is 16.1. The average Bonchev–Trinajstić information content (AvgIpc) is 2.98. The number of likely N-dealkylation sites (tertiary alicyclic amines) is 1. The van der Waals surface area contributed by atoms with Crippen LogP contribution in [0.15, 0.2) is 16.5 Å². The van der Waals surface area contributed by atoms with Crippen molar-refractivity contribution in [2.24, 2.45) is 5.92 Å². The third-order valence-electron chi connectivity index (χ3n) is 5.47. The molecule has 0 N–H and O–H groups in total. The van der Waals surface area contributed by atoms with E-state index < -0.39 is 0 Å². The van der Waals surface area contributed by atoms with Gasteiger partial charge in [-0.25, -0.2) is 0 Å². The molecule has 0 radical (unpaired) electrons. The van der Waals surface area contributed by atoms with Crippen molar-refractivity contribution in [2.75, 3.05) is 13.1 Å². The first-order chi connectivity index (χ1) is 11.7. The maximum Gasteiger partial charge on any atom is 0.245 e. The summed E-state index contributed by atoms with van der Waals surface area (Å²) in [7, 11) is 0. The Balaban J connectivity index is 1.22. The van der Waals surface area contributed by atoms with E-state index in [4.69, 9.17) is 9.15 Å². The summed E-state index contributed by atoms with van der Waals surface area (Å²) < 4.78 is 12.2. The SMILES string of the molecule is Cc1ccc(CN2CC[C@@H]3C[C@@H](c4nnc(C5CC5)o4)O[C@H]3C2)s1. The van der Waals surface area contributed by atoms with Gasteiger partial charge in [-0.15, -0.1) is 21.5 Å². The number of fused-ring (bicyclic) bond motifs is 1. The lowest BCUT2D eigenvalue weighted by Gasteiger charge is -2.33. The Kier molecular flexibility index (Phi) is 3.72. The molecule has 2 aliphatic heterocycles. The van der Waals surface area contributed by atoms with E-state index in [0.29, 0.717) is 23.8 Å². The first-order valence-electron chi connectivity index (χ1n) is 9.01. The molecular formula is C18H23N3O2S. The number of rotatable bonds is 4. The topological polar surface area (TPSA) is 51.4 Å². The van der Waals surface area contributed by atoms with Crippen molar-refractivity contribution >= 4 is 11.3 Å². The zero-order valence-electron chi connectivity index (χ0n) is 14.0. The number of thiophene rings is 1. The fourth-order valence-corrected chi connectivity index (χ4v) is 4.89. The van der Waals surface area contributed by atoms with E-state index in [0.717, 1.165) is 31.9 Å². The quantitative estimate of drug-likeness (QED) is 0.846. The lowest BCUT2D eigenvalue weighted by molar-refractivity contribution is -0.0175. The molecular weight excluding hydrogens is 322 g/mol. The van der Waals surface area contributed by atoms with Crippen molar-refractivity contribution in [3.8, 4) is 0 Å². The lowest BCUT2D eigenvalue weighted by atomic mass is 9.92. The Bertz CT molecular complexity index is 723. The van der Waals surface area contributed by atoms with Gasteiger partial charge in [-0.2, -0.15) is 0 Å². The van der Waals surface area contributed by atoms with E-state index in [9.17, 15) is 0 Å². The van der Waals surface area contributed by atoms with Gasteiger partial charge in [0.1, 0.15) is 6.10 Å². The minimum absolute atomic E-state index is 0.00364. The molecule has 0 bridgehead atoms. The van der Waals surface area contributed by atoms with E-state index in [1.54, 1.807) is 0 Å². The van der Waals surface area contributed by atoms with Gasteiger partial charge in [0.05, 0.1) is 6.10 Å². The molecule has 1 aliphatic carbocycles. The molecule has 5 rings (SSSR count). The molecule has 6 heteroatoms. The minimum atomic E-state index is 0.00364. The second-order valence-corrected chi connectivity index (χ2v) is 8.82. The number of ether oxygens (including phenoxy) is 1. The van der Waals surface area contributed by atoms with Crippen molar-refractivity contribution in [1.82, 2.24) is 15.1 Å². The number of piperidine rings is 1. The molecule has 2 aromatic heterocycles. The smallest absolute Gasteiger partial charge is 0.245 e. The summed E-state index contributed by atoms with van der Waals surface area (Å²) in [5.41, 5.74) is 0. The van der Waals surface area contributed by atoms with Crippen LogP contribution in [0.2, 0.25) is 0 Å². The van der Waals surface area contributed by atoms with Crippen molar-refractivity contribution in [3.05, 3.63) is 33.7 Å². The summed E-state index contributed by atoms with van der Waals surface area (Å²) >= 11 is 1.90. The third kappa shape index (κ3) is 2.91. The number of aryl methyl sites for hydroxylation is 1.